The van der Waals surface area contributed by atoms with Gasteiger partial charge in [-0.25, -0.2) is 0 Å². The van der Waals surface area contributed by atoms with E-state index in [4.69, 9.17) is 5.73 Å². The molecule has 0 atom stereocenters. The summed E-state index contributed by atoms with van der Waals surface area (Å²) in [6, 6.07) is 5.46. The zero-order valence-electron chi connectivity index (χ0n) is 9.45. The summed E-state index contributed by atoms with van der Waals surface area (Å²) >= 11 is 0. The Morgan fingerprint density at radius 1 is 1.44 bits per heavy atom. The lowest BCUT2D eigenvalue weighted by Gasteiger charge is -2.08. The van der Waals surface area contributed by atoms with Crippen LogP contribution in [0.4, 0.5) is 0 Å². The molecule has 0 saturated carbocycles. The molecular weight excluding hydrogens is 202 g/mol. The van der Waals surface area contributed by atoms with Gasteiger partial charge in [0.15, 0.2) is 0 Å². The molecule has 1 amide bonds. The number of carbonyl (C=O) groups is 1. The minimum Gasteiger partial charge on any atom is -0.366 e. The van der Waals surface area contributed by atoms with E-state index in [0.29, 0.717) is 5.56 Å². The second kappa shape index (κ2) is 3.98. The van der Waals surface area contributed by atoms with Crippen LogP contribution in [0.3, 0.4) is 0 Å². The van der Waals surface area contributed by atoms with E-state index >= 15 is 0 Å². The molecule has 16 heavy (non-hydrogen) atoms. The first-order valence-electron chi connectivity index (χ1n) is 5.12. The number of carbonyl (C=O) groups excluding carboxylic acids is 1. The average molecular weight is 217 g/mol. The Morgan fingerprint density at radius 2 is 2.19 bits per heavy atom. The van der Waals surface area contributed by atoms with Crippen molar-refractivity contribution >= 4 is 16.8 Å². The van der Waals surface area contributed by atoms with Crippen LogP contribution in [-0.2, 0) is 6.54 Å². The molecule has 1 heterocycles. The van der Waals surface area contributed by atoms with Gasteiger partial charge in [-0.2, -0.15) is 0 Å². The van der Waals surface area contributed by atoms with Crippen LogP contribution in [0.1, 0.15) is 15.9 Å². The van der Waals surface area contributed by atoms with Crippen LogP contribution in [-0.4, -0.2) is 29.9 Å². The third kappa shape index (κ3) is 1.92. The smallest absolute Gasteiger partial charge is 0.248 e. The number of hydrogen-bond acceptors (Lipinski definition) is 2. The number of nitrogens with zero attached hydrogens (tertiary/aromatic N) is 1. The van der Waals surface area contributed by atoms with Crippen LogP contribution in [0.2, 0.25) is 0 Å². The molecule has 0 bridgehead atoms. The Kier molecular flexibility index (Phi) is 2.66. The van der Waals surface area contributed by atoms with Gasteiger partial charge >= 0.3 is 0 Å². The number of benzene rings is 1. The summed E-state index contributed by atoms with van der Waals surface area (Å²) in [7, 11) is 4.02. The fraction of sp³-hybridized carbons (Fsp3) is 0.250. The maximum Gasteiger partial charge on any atom is 0.248 e. The fourth-order valence-corrected chi connectivity index (χ4v) is 1.80. The minimum absolute atomic E-state index is 0.390. The van der Waals surface area contributed by atoms with Crippen LogP contribution in [0.15, 0.2) is 24.4 Å². The largest absolute Gasteiger partial charge is 0.366 e. The standard InChI is InChI=1S/C12H15N3O/c1-15(2)7-9-6-14-11-4-3-8(12(13)16)5-10(9)11/h3-6,14H,7H2,1-2H3,(H2,13,16). The summed E-state index contributed by atoms with van der Waals surface area (Å²) in [5.41, 5.74) is 8.01. The molecule has 0 aliphatic rings. The maximum atomic E-state index is 11.1. The molecule has 0 fully saturated rings. The lowest BCUT2D eigenvalue weighted by atomic mass is 10.1. The highest BCUT2D eigenvalue weighted by atomic mass is 16.1. The van der Waals surface area contributed by atoms with Crippen molar-refractivity contribution in [3.63, 3.8) is 0 Å². The van der Waals surface area contributed by atoms with E-state index in [1.807, 2.05) is 32.4 Å². The van der Waals surface area contributed by atoms with Crippen LogP contribution < -0.4 is 5.73 Å². The van der Waals surface area contributed by atoms with Crippen molar-refractivity contribution in [3.8, 4) is 0 Å². The summed E-state index contributed by atoms with van der Waals surface area (Å²) in [4.78, 5) is 16.4. The fourth-order valence-electron chi connectivity index (χ4n) is 1.80. The van der Waals surface area contributed by atoms with Crippen LogP contribution >= 0.6 is 0 Å². The van der Waals surface area contributed by atoms with Crippen LogP contribution in [0, 0.1) is 0 Å². The molecule has 0 unspecified atom stereocenters. The van der Waals surface area contributed by atoms with E-state index in [0.717, 1.165) is 17.4 Å². The topological polar surface area (TPSA) is 62.1 Å². The zero-order valence-corrected chi connectivity index (χ0v) is 9.45. The van der Waals surface area contributed by atoms with Crippen molar-refractivity contribution in [1.82, 2.24) is 9.88 Å². The summed E-state index contributed by atoms with van der Waals surface area (Å²) in [6.45, 7) is 0.836. The predicted molar refractivity (Wildman–Crippen MR) is 64.2 cm³/mol. The highest BCUT2D eigenvalue weighted by Crippen LogP contribution is 2.20. The number of primary amides is 1. The first-order valence-corrected chi connectivity index (χ1v) is 5.12. The van der Waals surface area contributed by atoms with Crippen molar-refractivity contribution in [2.45, 2.75) is 6.54 Å². The summed E-state index contributed by atoms with van der Waals surface area (Å²) in [5.74, 6) is -0.390. The zero-order chi connectivity index (χ0) is 11.7. The highest BCUT2D eigenvalue weighted by Gasteiger charge is 2.07. The molecule has 3 N–H and O–H groups in total. The van der Waals surface area contributed by atoms with Crippen molar-refractivity contribution in [2.24, 2.45) is 5.73 Å². The molecule has 1 aromatic heterocycles. The molecule has 0 spiro atoms. The third-order valence-corrected chi connectivity index (χ3v) is 2.54. The molecule has 84 valence electrons. The summed E-state index contributed by atoms with van der Waals surface area (Å²) in [5, 5.41) is 1.06. The van der Waals surface area contributed by atoms with E-state index < -0.39 is 0 Å². The van der Waals surface area contributed by atoms with Gasteiger partial charge in [-0.3, -0.25) is 4.79 Å². The quantitative estimate of drug-likeness (QED) is 0.814. The molecular formula is C12H15N3O. The lowest BCUT2D eigenvalue weighted by molar-refractivity contribution is 0.100. The first kappa shape index (κ1) is 10.7. The average Bonchev–Trinajstić information content (AvgIpc) is 2.60. The number of nitrogens with one attached hydrogen (secondary N) is 1. The van der Waals surface area contributed by atoms with E-state index in [-0.39, 0.29) is 5.91 Å². The van der Waals surface area contributed by atoms with Crippen molar-refractivity contribution < 1.29 is 4.79 Å². The number of aromatic amines is 1. The maximum absolute atomic E-state index is 11.1. The Hall–Kier alpha value is -1.81. The predicted octanol–water partition coefficient (Wildman–Crippen LogP) is 1.33. The number of nitrogens with two attached hydrogens (primary N) is 1. The molecule has 0 radical (unpaired) electrons. The Morgan fingerprint density at radius 3 is 2.81 bits per heavy atom. The van der Waals surface area contributed by atoms with Gasteiger partial charge in [-0.1, -0.05) is 0 Å². The van der Waals surface area contributed by atoms with E-state index in [1.165, 1.54) is 5.56 Å². The van der Waals surface area contributed by atoms with Crippen LogP contribution in [0.25, 0.3) is 10.9 Å². The van der Waals surface area contributed by atoms with Gasteiger partial charge < -0.3 is 15.6 Å². The van der Waals surface area contributed by atoms with Crippen molar-refractivity contribution in [3.05, 3.63) is 35.5 Å². The molecule has 4 heteroatoms. The van der Waals surface area contributed by atoms with E-state index in [2.05, 4.69) is 9.88 Å². The molecule has 1 aromatic carbocycles. The third-order valence-electron chi connectivity index (χ3n) is 2.54. The Balaban J connectivity index is 2.51. The number of hydrogen-bond donors (Lipinski definition) is 2. The van der Waals surface area contributed by atoms with Crippen molar-refractivity contribution in [2.75, 3.05) is 14.1 Å². The Bertz CT molecular complexity index is 528. The molecule has 0 aliphatic carbocycles. The lowest BCUT2D eigenvalue weighted by Crippen LogP contribution is -2.11. The second-order valence-electron chi connectivity index (χ2n) is 4.18. The van der Waals surface area contributed by atoms with E-state index in [1.54, 1.807) is 6.07 Å². The van der Waals surface area contributed by atoms with Gasteiger partial charge in [0, 0.05) is 29.2 Å². The molecule has 2 rings (SSSR count). The number of fused-ring (bicyclic) bond motifs is 1. The molecule has 0 saturated heterocycles. The van der Waals surface area contributed by atoms with Gasteiger partial charge in [0.2, 0.25) is 5.91 Å². The minimum atomic E-state index is -0.390. The monoisotopic (exact) mass is 217 g/mol. The van der Waals surface area contributed by atoms with Crippen molar-refractivity contribution in [1.29, 1.82) is 0 Å². The Labute approximate surface area is 94.0 Å². The summed E-state index contributed by atoms with van der Waals surface area (Å²) < 4.78 is 0. The van der Waals surface area contributed by atoms with Crippen LogP contribution in [0.5, 0.6) is 0 Å². The normalized spacial score (nSPS) is 11.2. The van der Waals surface area contributed by atoms with Gasteiger partial charge in [0.25, 0.3) is 0 Å². The first-order chi connectivity index (χ1) is 7.58. The SMILES string of the molecule is CN(C)Cc1c[nH]c2ccc(C(N)=O)cc12. The molecule has 4 nitrogen and oxygen atoms in total. The van der Waals surface area contributed by atoms with Gasteiger partial charge in [-0.15, -0.1) is 0 Å². The molecule has 2 aromatic rings. The van der Waals surface area contributed by atoms with Gasteiger partial charge in [0.05, 0.1) is 0 Å². The highest BCUT2D eigenvalue weighted by molar-refractivity contribution is 5.97. The summed E-state index contributed by atoms with van der Waals surface area (Å²) in [6.07, 6.45) is 1.97. The van der Waals surface area contributed by atoms with E-state index in [9.17, 15) is 4.79 Å². The second-order valence-corrected chi connectivity index (χ2v) is 4.18. The molecule has 0 aliphatic heterocycles. The number of amides is 1. The number of aromatic nitrogens is 1. The number of rotatable bonds is 3. The van der Waals surface area contributed by atoms with Gasteiger partial charge in [0.1, 0.15) is 0 Å². The van der Waals surface area contributed by atoms with Gasteiger partial charge in [-0.05, 0) is 37.9 Å². The number of H-pyrrole nitrogens is 1.